The molecule has 5 nitrogen and oxygen atoms in total. The van der Waals surface area contributed by atoms with Crippen LogP contribution in [0.15, 0.2) is 64.7 Å². The highest BCUT2D eigenvalue weighted by molar-refractivity contribution is 8.13. The van der Waals surface area contributed by atoms with Gasteiger partial charge in [-0.1, -0.05) is 67.2 Å². The first-order chi connectivity index (χ1) is 12.3. The van der Waals surface area contributed by atoms with E-state index >= 15 is 0 Å². The van der Waals surface area contributed by atoms with Gasteiger partial charge < -0.3 is 0 Å². The SMILES string of the molecule is CCCSC1=NN2C(=c3ccccc3=NC2c2ccccc2)C(=O)N1. The molecular weight excluding hydrogens is 332 g/mol. The van der Waals surface area contributed by atoms with E-state index in [9.17, 15) is 4.79 Å². The van der Waals surface area contributed by atoms with E-state index in [2.05, 4.69) is 12.2 Å². The molecule has 0 aromatic heterocycles. The van der Waals surface area contributed by atoms with Gasteiger partial charge in [-0.05, 0) is 18.1 Å². The van der Waals surface area contributed by atoms with Crippen LogP contribution in [0.3, 0.4) is 0 Å². The molecule has 2 aromatic rings. The highest BCUT2D eigenvalue weighted by Crippen LogP contribution is 2.30. The predicted octanol–water partition coefficient (Wildman–Crippen LogP) is 1.97. The van der Waals surface area contributed by atoms with Crippen molar-refractivity contribution in [1.29, 1.82) is 0 Å². The first-order valence-corrected chi connectivity index (χ1v) is 9.30. The van der Waals surface area contributed by atoms with Crippen molar-refractivity contribution in [3.63, 3.8) is 0 Å². The Morgan fingerprint density at radius 3 is 2.68 bits per heavy atom. The Balaban J connectivity index is 1.90. The Morgan fingerprint density at radius 1 is 1.12 bits per heavy atom. The monoisotopic (exact) mass is 350 g/mol. The van der Waals surface area contributed by atoms with Crippen LogP contribution in [0.5, 0.6) is 0 Å². The third-order valence-electron chi connectivity index (χ3n) is 4.06. The largest absolute Gasteiger partial charge is 0.298 e. The zero-order valence-corrected chi connectivity index (χ0v) is 14.7. The van der Waals surface area contributed by atoms with Crippen LogP contribution >= 0.6 is 11.8 Å². The molecule has 2 aliphatic rings. The van der Waals surface area contributed by atoms with Crippen LogP contribution in [-0.2, 0) is 4.79 Å². The first kappa shape index (κ1) is 15.9. The van der Waals surface area contributed by atoms with Crippen molar-refractivity contribution >= 4 is 28.5 Å². The van der Waals surface area contributed by atoms with Gasteiger partial charge in [-0.25, -0.2) is 5.01 Å². The predicted molar refractivity (Wildman–Crippen MR) is 100.0 cm³/mol. The molecule has 126 valence electrons. The van der Waals surface area contributed by atoms with Crippen LogP contribution in [0.2, 0.25) is 0 Å². The molecule has 1 N–H and O–H groups in total. The first-order valence-electron chi connectivity index (χ1n) is 8.32. The Labute approximate surface area is 150 Å². The van der Waals surface area contributed by atoms with E-state index in [1.54, 1.807) is 16.8 Å². The van der Waals surface area contributed by atoms with Crippen LogP contribution in [0.4, 0.5) is 0 Å². The number of carbonyl (C=O) groups is 1. The number of benzene rings is 2. The quantitative estimate of drug-likeness (QED) is 0.921. The summed E-state index contributed by atoms with van der Waals surface area (Å²) in [6.07, 6.45) is 0.681. The minimum absolute atomic E-state index is 0.128. The van der Waals surface area contributed by atoms with E-state index in [0.717, 1.165) is 28.3 Å². The molecule has 0 radical (unpaired) electrons. The average molecular weight is 350 g/mol. The fourth-order valence-corrected chi connectivity index (χ4v) is 3.64. The lowest BCUT2D eigenvalue weighted by atomic mass is 10.1. The van der Waals surface area contributed by atoms with Crippen molar-refractivity contribution < 1.29 is 4.79 Å². The van der Waals surface area contributed by atoms with Crippen LogP contribution in [0, 0.1) is 0 Å². The van der Waals surface area contributed by atoms with Crippen LogP contribution < -0.4 is 15.9 Å². The second-order valence-electron chi connectivity index (χ2n) is 5.83. The molecule has 1 amide bonds. The van der Waals surface area contributed by atoms with E-state index in [1.807, 2.05) is 54.6 Å². The molecule has 4 rings (SSSR count). The van der Waals surface area contributed by atoms with Gasteiger partial charge in [0.15, 0.2) is 11.3 Å². The molecule has 2 heterocycles. The molecule has 0 bridgehead atoms. The van der Waals surface area contributed by atoms with Crippen LogP contribution in [-0.4, -0.2) is 21.8 Å². The minimum atomic E-state index is -0.339. The van der Waals surface area contributed by atoms with Gasteiger partial charge in [0.25, 0.3) is 5.91 Å². The minimum Gasteiger partial charge on any atom is -0.298 e. The van der Waals surface area contributed by atoms with Gasteiger partial charge in [0.05, 0.1) is 5.36 Å². The van der Waals surface area contributed by atoms with E-state index < -0.39 is 0 Å². The van der Waals surface area contributed by atoms with Gasteiger partial charge in [-0.3, -0.25) is 15.1 Å². The normalized spacial score (nSPS) is 18.7. The average Bonchev–Trinajstić information content (AvgIpc) is 2.66. The third kappa shape index (κ3) is 2.93. The molecular formula is C19H18N4OS. The van der Waals surface area contributed by atoms with Crippen molar-refractivity contribution in [1.82, 2.24) is 10.3 Å². The van der Waals surface area contributed by atoms with Crippen molar-refractivity contribution in [3.8, 4) is 0 Å². The molecule has 25 heavy (non-hydrogen) atoms. The molecule has 0 saturated carbocycles. The Bertz CT molecular complexity index is 955. The summed E-state index contributed by atoms with van der Waals surface area (Å²) in [5, 5.41) is 11.6. The number of rotatable bonds is 3. The molecule has 1 unspecified atom stereocenters. The number of hydrogen-bond donors (Lipinski definition) is 1. The van der Waals surface area contributed by atoms with Crippen molar-refractivity contribution in [2.24, 2.45) is 10.1 Å². The van der Waals surface area contributed by atoms with Gasteiger partial charge >= 0.3 is 0 Å². The molecule has 0 spiro atoms. The lowest BCUT2D eigenvalue weighted by molar-refractivity contribution is -0.116. The number of hydrogen-bond acceptors (Lipinski definition) is 5. The number of amides is 1. The van der Waals surface area contributed by atoms with Gasteiger partial charge in [0.1, 0.15) is 5.70 Å². The smallest absolute Gasteiger partial charge is 0.276 e. The number of carbonyl (C=O) groups excluding carboxylic acids is 1. The van der Waals surface area contributed by atoms with Crippen molar-refractivity contribution in [2.45, 2.75) is 19.5 Å². The maximum atomic E-state index is 12.8. The molecule has 0 aliphatic carbocycles. The highest BCUT2D eigenvalue weighted by atomic mass is 32.2. The van der Waals surface area contributed by atoms with Crippen molar-refractivity contribution in [2.75, 3.05) is 5.75 Å². The van der Waals surface area contributed by atoms with Crippen molar-refractivity contribution in [3.05, 3.63) is 70.7 Å². The second kappa shape index (κ2) is 6.72. The van der Waals surface area contributed by atoms with Gasteiger partial charge in [0, 0.05) is 11.0 Å². The molecule has 6 heteroatoms. The summed E-state index contributed by atoms with van der Waals surface area (Å²) in [6.45, 7) is 2.11. The summed E-state index contributed by atoms with van der Waals surface area (Å²) in [6, 6.07) is 17.7. The molecule has 2 aliphatic heterocycles. The number of thioether (sulfide) groups is 1. The number of nitrogens with zero attached hydrogens (tertiary/aromatic N) is 3. The summed E-state index contributed by atoms with van der Waals surface area (Å²) in [4.78, 5) is 17.7. The number of nitrogens with one attached hydrogen (secondary N) is 1. The Hall–Kier alpha value is -2.60. The third-order valence-corrected chi connectivity index (χ3v) is 5.13. The van der Waals surface area contributed by atoms with E-state index in [4.69, 9.17) is 10.1 Å². The lowest BCUT2D eigenvalue weighted by Gasteiger charge is -2.34. The van der Waals surface area contributed by atoms with Gasteiger partial charge in [-0.15, -0.1) is 5.10 Å². The maximum absolute atomic E-state index is 12.8. The summed E-state index contributed by atoms with van der Waals surface area (Å²) in [7, 11) is 0. The number of fused-ring (bicyclic) bond motifs is 2. The standard InChI is InChI=1S/C19H18N4OS/c1-2-12-25-19-21-18(24)16-14-10-6-7-11-15(14)20-17(23(16)22-19)13-8-4-3-5-9-13/h3-11,17H,2,12H2,1H3,(H,21,22,24). The summed E-state index contributed by atoms with van der Waals surface area (Å²) in [5.74, 6) is 0.781. The van der Waals surface area contributed by atoms with Crippen LogP contribution in [0.25, 0.3) is 5.70 Å². The Kier molecular flexibility index (Phi) is 4.28. The maximum Gasteiger partial charge on any atom is 0.276 e. The molecule has 2 aromatic carbocycles. The Morgan fingerprint density at radius 2 is 1.88 bits per heavy atom. The van der Waals surface area contributed by atoms with Crippen LogP contribution in [0.1, 0.15) is 25.1 Å². The van der Waals surface area contributed by atoms with Gasteiger partial charge in [-0.2, -0.15) is 0 Å². The van der Waals surface area contributed by atoms with E-state index in [1.165, 1.54) is 0 Å². The van der Waals surface area contributed by atoms with E-state index in [-0.39, 0.29) is 12.1 Å². The topological polar surface area (TPSA) is 57.1 Å². The number of hydrazone groups is 1. The molecule has 1 atom stereocenters. The van der Waals surface area contributed by atoms with Gasteiger partial charge in [0.2, 0.25) is 0 Å². The zero-order valence-electron chi connectivity index (χ0n) is 13.8. The van der Waals surface area contributed by atoms with E-state index in [0.29, 0.717) is 10.9 Å². The zero-order chi connectivity index (χ0) is 17.2. The summed E-state index contributed by atoms with van der Waals surface area (Å²) >= 11 is 1.56. The highest BCUT2D eigenvalue weighted by Gasteiger charge is 2.34. The number of para-hydroxylation sites is 1. The molecule has 0 saturated heterocycles. The summed E-state index contributed by atoms with van der Waals surface area (Å²) < 4.78 is 0. The fraction of sp³-hybridized carbons (Fsp3) is 0.211. The fourth-order valence-electron chi connectivity index (χ4n) is 2.93. The number of amidine groups is 1. The molecule has 0 fully saturated rings. The lowest BCUT2D eigenvalue weighted by Crippen LogP contribution is -2.50. The second-order valence-corrected chi connectivity index (χ2v) is 6.92. The summed E-state index contributed by atoms with van der Waals surface area (Å²) in [5.41, 5.74) is 1.56.